The van der Waals surface area contributed by atoms with Gasteiger partial charge in [0.1, 0.15) is 0 Å². The molecule has 0 saturated carbocycles. The Bertz CT molecular complexity index is 890. The summed E-state index contributed by atoms with van der Waals surface area (Å²) < 4.78 is 27.1. The number of halogens is 1. The second-order valence-corrected chi connectivity index (χ2v) is 7.91. The van der Waals surface area contributed by atoms with Gasteiger partial charge in [0, 0.05) is 10.2 Å². The van der Waals surface area contributed by atoms with Crippen LogP contribution in [0.1, 0.15) is 11.1 Å². The molecule has 8 heteroatoms. The third-order valence-corrected chi connectivity index (χ3v) is 5.33. The number of sulfonamides is 1. The molecule has 0 radical (unpaired) electrons. The van der Waals surface area contributed by atoms with Gasteiger partial charge in [-0.2, -0.15) is 5.26 Å². The van der Waals surface area contributed by atoms with Crippen molar-refractivity contribution in [2.75, 3.05) is 11.9 Å². The van der Waals surface area contributed by atoms with Gasteiger partial charge in [0.05, 0.1) is 24.8 Å². The third-order valence-electron chi connectivity index (χ3n) is 3.28. The molecular formula is C17H16BrN3O3S. The summed E-state index contributed by atoms with van der Waals surface area (Å²) in [5.41, 5.74) is 2.00. The highest BCUT2D eigenvalue weighted by atomic mass is 79.9. The number of hydrogen-bond acceptors (Lipinski definition) is 4. The van der Waals surface area contributed by atoms with E-state index in [2.05, 4.69) is 26.0 Å². The van der Waals surface area contributed by atoms with Crippen molar-refractivity contribution in [1.29, 1.82) is 5.26 Å². The van der Waals surface area contributed by atoms with Crippen molar-refractivity contribution in [3.05, 3.63) is 64.1 Å². The van der Waals surface area contributed by atoms with E-state index in [-0.39, 0.29) is 12.3 Å². The Morgan fingerprint density at radius 2 is 1.80 bits per heavy atom. The van der Waals surface area contributed by atoms with Gasteiger partial charge < -0.3 is 5.32 Å². The number of rotatable bonds is 7. The molecule has 0 aliphatic heterocycles. The van der Waals surface area contributed by atoms with Crippen molar-refractivity contribution >= 4 is 37.5 Å². The summed E-state index contributed by atoms with van der Waals surface area (Å²) in [4.78, 5) is 11.9. The van der Waals surface area contributed by atoms with E-state index >= 15 is 0 Å². The highest BCUT2D eigenvalue weighted by Crippen LogP contribution is 2.18. The molecule has 2 rings (SSSR count). The quantitative estimate of drug-likeness (QED) is 0.717. The topological polar surface area (TPSA) is 99.1 Å². The molecule has 0 aliphatic rings. The Balaban J connectivity index is 1.88. The molecule has 0 atom stereocenters. The number of benzene rings is 2. The number of carbonyl (C=O) groups excluding carboxylic acids is 1. The molecule has 0 fully saturated rings. The number of carbonyl (C=O) groups is 1. The second kappa shape index (κ2) is 8.76. The summed E-state index contributed by atoms with van der Waals surface area (Å²) in [5, 5.41) is 11.2. The second-order valence-electron chi connectivity index (χ2n) is 5.25. The summed E-state index contributed by atoms with van der Waals surface area (Å²) >= 11 is 3.30. The maximum absolute atomic E-state index is 12.1. The van der Waals surface area contributed by atoms with Crippen LogP contribution in [0.4, 0.5) is 5.69 Å². The Hall–Kier alpha value is -2.21. The Labute approximate surface area is 155 Å². The molecule has 2 aromatic rings. The van der Waals surface area contributed by atoms with Crippen LogP contribution in [-0.4, -0.2) is 20.9 Å². The van der Waals surface area contributed by atoms with Crippen LogP contribution in [0.25, 0.3) is 0 Å². The van der Waals surface area contributed by atoms with Gasteiger partial charge in [0.25, 0.3) is 0 Å². The van der Waals surface area contributed by atoms with Gasteiger partial charge in [-0.15, -0.1) is 0 Å². The molecule has 2 N–H and O–H groups in total. The Kier molecular flexibility index (Phi) is 6.70. The fourth-order valence-electron chi connectivity index (χ4n) is 2.05. The predicted molar refractivity (Wildman–Crippen MR) is 99.2 cm³/mol. The van der Waals surface area contributed by atoms with Gasteiger partial charge >= 0.3 is 0 Å². The standard InChI is InChI=1S/C17H16BrN3O3S/c18-16-4-2-1-3-14(16)12-25(23,24)20-11-17(22)21-15-7-5-13(6-8-15)9-10-19/h1-8,20H,9,11-12H2,(H,21,22). The number of amides is 1. The Morgan fingerprint density at radius 1 is 1.12 bits per heavy atom. The van der Waals surface area contributed by atoms with Gasteiger partial charge in [-0.1, -0.05) is 46.3 Å². The van der Waals surface area contributed by atoms with Crippen LogP contribution in [0.2, 0.25) is 0 Å². The monoisotopic (exact) mass is 421 g/mol. The first-order chi connectivity index (χ1) is 11.9. The van der Waals surface area contributed by atoms with Crippen LogP contribution in [0.3, 0.4) is 0 Å². The van der Waals surface area contributed by atoms with E-state index in [1.165, 1.54) is 0 Å². The lowest BCUT2D eigenvalue weighted by molar-refractivity contribution is -0.115. The predicted octanol–water partition coefficient (Wildman–Crippen LogP) is 2.57. The summed E-state index contributed by atoms with van der Waals surface area (Å²) in [7, 11) is -3.64. The highest BCUT2D eigenvalue weighted by Gasteiger charge is 2.15. The van der Waals surface area contributed by atoms with Crippen molar-refractivity contribution in [3.8, 4) is 6.07 Å². The lowest BCUT2D eigenvalue weighted by Gasteiger charge is -2.09. The van der Waals surface area contributed by atoms with Crippen LogP contribution in [0.15, 0.2) is 53.0 Å². The number of hydrogen-bond donors (Lipinski definition) is 2. The summed E-state index contributed by atoms with van der Waals surface area (Å²) in [6.45, 7) is -0.354. The molecule has 0 aromatic heterocycles. The molecule has 2 aromatic carbocycles. The molecule has 130 valence electrons. The zero-order valence-corrected chi connectivity index (χ0v) is 15.6. The van der Waals surface area contributed by atoms with Crippen molar-refractivity contribution < 1.29 is 13.2 Å². The first kappa shape index (κ1) is 19.1. The normalized spacial score (nSPS) is 10.9. The van der Waals surface area contributed by atoms with Crippen LogP contribution in [-0.2, 0) is 27.0 Å². The molecule has 1 amide bonds. The average molecular weight is 422 g/mol. The van der Waals surface area contributed by atoms with Gasteiger partial charge in [-0.3, -0.25) is 4.79 Å². The molecule has 6 nitrogen and oxygen atoms in total. The molecule has 0 bridgehead atoms. The Morgan fingerprint density at radius 3 is 2.44 bits per heavy atom. The third kappa shape index (κ3) is 6.31. The molecule has 0 heterocycles. The van der Waals surface area contributed by atoms with Crippen LogP contribution in [0, 0.1) is 11.3 Å². The summed E-state index contributed by atoms with van der Waals surface area (Å²) in [5.74, 6) is -0.686. The fraction of sp³-hybridized carbons (Fsp3) is 0.176. The number of nitrogens with one attached hydrogen (secondary N) is 2. The molecule has 0 aliphatic carbocycles. The zero-order valence-electron chi connectivity index (χ0n) is 13.2. The van der Waals surface area contributed by atoms with E-state index in [1.807, 2.05) is 6.07 Å². The SMILES string of the molecule is N#CCc1ccc(NC(=O)CNS(=O)(=O)Cc2ccccc2Br)cc1. The van der Waals surface area contributed by atoms with Gasteiger partial charge in [0.2, 0.25) is 15.9 Å². The molecule has 0 unspecified atom stereocenters. The number of nitriles is 1. The minimum Gasteiger partial charge on any atom is -0.325 e. The minimum atomic E-state index is -3.64. The van der Waals surface area contributed by atoms with Crippen LogP contribution < -0.4 is 10.0 Å². The minimum absolute atomic E-state index is 0.218. The lowest BCUT2D eigenvalue weighted by Crippen LogP contribution is -2.33. The molecule has 0 saturated heterocycles. The van der Waals surface area contributed by atoms with Crippen LogP contribution in [0.5, 0.6) is 0 Å². The highest BCUT2D eigenvalue weighted by molar-refractivity contribution is 9.10. The fourth-order valence-corrected chi connectivity index (χ4v) is 3.77. The van der Waals surface area contributed by atoms with E-state index in [4.69, 9.17) is 5.26 Å². The summed E-state index contributed by atoms with van der Waals surface area (Å²) in [6.07, 6.45) is 0.295. The summed E-state index contributed by atoms with van der Waals surface area (Å²) in [6, 6.07) is 15.8. The largest absolute Gasteiger partial charge is 0.325 e. The lowest BCUT2D eigenvalue weighted by atomic mass is 10.1. The molecular weight excluding hydrogens is 406 g/mol. The van der Waals surface area contributed by atoms with Crippen molar-refractivity contribution in [2.45, 2.75) is 12.2 Å². The average Bonchev–Trinajstić information content (AvgIpc) is 2.57. The van der Waals surface area contributed by atoms with E-state index in [1.54, 1.807) is 48.5 Å². The van der Waals surface area contributed by atoms with E-state index in [9.17, 15) is 13.2 Å². The molecule has 25 heavy (non-hydrogen) atoms. The molecule has 0 spiro atoms. The van der Waals surface area contributed by atoms with E-state index in [0.29, 0.717) is 22.1 Å². The maximum Gasteiger partial charge on any atom is 0.239 e. The first-order valence-corrected chi connectivity index (χ1v) is 9.80. The number of anilines is 1. The van der Waals surface area contributed by atoms with E-state index in [0.717, 1.165) is 5.56 Å². The van der Waals surface area contributed by atoms with Gasteiger partial charge in [-0.25, -0.2) is 13.1 Å². The van der Waals surface area contributed by atoms with Crippen LogP contribution >= 0.6 is 15.9 Å². The van der Waals surface area contributed by atoms with E-state index < -0.39 is 15.9 Å². The van der Waals surface area contributed by atoms with Crippen molar-refractivity contribution in [1.82, 2.24) is 4.72 Å². The zero-order chi connectivity index (χ0) is 18.3. The smallest absolute Gasteiger partial charge is 0.239 e. The van der Waals surface area contributed by atoms with Gasteiger partial charge in [-0.05, 0) is 29.3 Å². The van der Waals surface area contributed by atoms with Crippen molar-refractivity contribution in [3.63, 3.8) is 0 Å². The van der Waals surface area contributed by atoms with Crippen molar-refractivity contribution in [2.24, 2.45) is 0 Å². The maximum atomic E-state index is 12.1. The first-order valence-electron chi connectivity index (χ1n) is 7.36. The number of nitrogens with zero attached hydrogens (tertiary/aromatic N) is 1. The van der Waals surface area contributed by atoms with Gasteiger partial charge in [0.15, 0.2) is 0 Å².